The molecule has 2 saturated heterocycles. The normalized spacial score (nSPS) is 27.2. The van der Waals surface area contributed by atoms with E-state index in [1.165, 1.54) is 6.07 Å². The molecule has 2 atom stereocenters. The third kappa shape index (κ3) is 4.93. The molecule has 1 aromatic carbocycles. The number of hydrogen-bond acceptors (Lipinski definition) is 7. The van der Waals surface area contributed by atoms with Crippen molar-refractivity contribution >= 4 is 61.6 Å². The van der Waals surface area contributed by atoms with Gasteiger partial charge in [0, 0.05) is 15.0 Å². The van der Waals surface area contributed by atoms with Gasteiger partial charge in [0.05, 0.1) is 33.9 Å². The molecular formula is C14H18Br2N2O6S3. The van der Waals surface area contributed by atoms with Gasteiger partial charge in [0.25, 0.3) is 10.0 Å². The molecule has 0 amide bonds. The van der Waals surface area contributed by atoms with Crippen molar-refractivity contribution in [1.29, 1.82) is 0 Å². The van der Waals surface area contributed by atoms with Crippen LogP contribution in [-0.4, -0.2) is 64.8 Å². The summed E-state index contributed by atoms with van der Waals surface area (Å²) in [5.41, 5.74) is 2.80. The van der Waals surface area contributed by atoms with Crippen molar-refractivity contribution < 1.29 is 25.3 Å². The zero-order chi connectivity index (χ0) is 20.0. The van der Waals surface area contributed by atoms with Gasteiger partial charge in [0.2, 0.25) is 0 Å². The molecule has 2 aliphatic rings. The van der Waals surface area contributed by atoms with Gasteiger partial charge in [-0.15, -0.1) is 4.41 Å². The van der Waals surface area contributed by atoms with Gasteiger partial charge >= 0.3 is 0 Å². The number of halogens is 2. The minimum atomic E-state index is -4.13. The summed E-state index contributed by atoms with van der Waals surface area (Å²) in [5.74, 6) is -0.613. The Labute approximate surface area is 175 Å². The topological polar surface area (TPSA) is 118 Å². The van der Waals surface area contributed by atoms with Gasteiger partial charge in [-0.2, -0.15) is 0 Å². The zero-order valence-electron chi connectivity index (χ0n) is 14.0. The average molecular weight is 566 g/mol. The maximum atomic E-state index is 13.3. The largest absolute Gasteiger partial charge is 0.257 e. The quantitative estimate of drug-likeness (QED) is 0.531. The third-order valence-electron chi connectivity index (χ3n) is 4.51. The molecule has 152 valence electrons. The predicted octanol–water partition coefficient (Wildman–Crippen LogP) is 1.08. The van der Waals surface area contributed by atoms with Gasteiger partial charge in [-0.25, -0.2) is 30.7 Å². The first-order valence-electron chi connectivity index (χ1n) is 8.06. The van der Waals surface area contributed by atoms with Crippen molar-refractivity contribution in [2.24, 2.45) is 0 Å². The van der Waals surface area contributed by atoms with E-state index in [9.17, 15) is 25.3 Å². The van der Waals surface area contributed by atoms with Gasteiger partial charge in [-0.1, -0.05) is 15.9 Å². The summed E-state index contributed by atoms with van der Waals surface area (Å²) >= 11 is 6.47. The lowest BCUT2D eigenvalue weighted by Crippen LogP contribution is -2.54. The number of sulfone groups is 2. The minimum absolute atomic E-state index is 0.0257. The predicted molar refractivity (Wildman–Crippen MR) is 108 cm³/mol. The molecule has 0 unspecified atom stereocenters. The molecule has 1 N–H and O–H groups in total. The maximum Gasteiger partial charge on any atom is 0.257 e. The number of benzene rings is 1. The highest BCUT2D eigenvalue weighted by Gasteiger charge is 2.42. The van der Waals surface area contributed by atoms with Gasteiger partial charge in [0.15, 0.2) is 19.7 Å². The molecule has 0 saturated carbocycles. The van der Waals surface area contributed by atoms with E-state index in [2.05, 4.69) is 37.3 Å². The lowest BCUT2D eigenvalue weighted by atomic mass is 10.2. The molecule has 27 heavy (non-hydrogen) atoms. The molecule has 2 aliphatic heterocycles. The van der Waals surface area contributed by atoms with Crippen molar-refractivity contribution in [3.8, 4) is 0 Å². The van der Waals surface area contributed by atoms with Crippen molar-refractivity contribution in [1.82, 2.24) is 9.84 Å². The van der Waals surface area contributed by atoms with Crippen LogP contribution in [0.5, 0.6) is 0 Å². The van der Waals surface area contributed by atoms with E-state index < -0.39 is 41.8 Å². The summed E-state index contributed by atoms with van der Waals surface area (Å²) in [6.45, 7) is 0. The molecule has 0 radical (unpaired) electrons. The summed E-state index contributed by atoms with van der Waals surface area (Å²) in [7, 11) is -10.7. The van der Waals surface area contributed by atoms with Crippen LogP contribution in [0.4, 0.5) is 0 Å². The van der Waals surface area contributed by atoms with Crippen LogP contribution in [0.15, 0.2) is 32.0 Å². The van der Waals surface area contributed by atoms with Crippen LogP contribution in [0.3, 0.4) is 0 Å². The standard InChI is InChI=1S/C14H18Br2N2O6S3/c15-10-1-2-13(16)14(7-10)27(23,24)18(12-4-6-26(21,22)9-12)17-11-3-5-25(19,20)8-11/h1-2,7,11-12,17H,3-6,8-9H2/t11-,12-/m1/s1. The third-order valence-corrected chi connectivity index (χ3v) is 11.3. The highest BCUT2D eigenvalue weighted by atomic mass is 79.9. The molecule has 2 fully saturated rings. The molecular weight excluding hydrogens is 548 g/mol. The molecule has 0 aromatic heterocycles. The Morgan fingerprint density at radius 3 is 2.19 bits per heavy atom. The van der Waals surface area contributed by atoms with E-state index in [0.717, 1.165) is 4.41 Å². The van der Waals surface area contributed by atoms with E-state index in [-0.39, 0.29) is 40.7 Å². The van der Waals surface area contributed by atoms with Crippen molar-refractivity contribution in [3.05, 3.63) is 27.1 Å². The SMILES string of the molecule is O=S1(=O)CC[C@@H](NN([C@@H]2CCS(=O)(=O)C2)S(=O)(=O)c2cc(Br)ccc2Br)C1. The molecule has 1 aromatic rings. The molecule has 3 rings (SSSR count). The number of hydrogen-bond donors (Lipinski definition) is 1. The van der Waals surface area contributed by atoms with Crippen molar-refractivity contribution in [2.75, 3.05) is 23.0 Å². The Morgan fingerprint density at radius 2 is 1.63 bits per heavy atom. The zero-order valence-corrected chi connectivity index (χ0v) is 19.6. The lowest BCUT2D eigenvalue weighted by molar-refractivity contribution is 0.229. The lowest BCUT2D eigenvalue weighted by Gasteiger charge is -2.30. The Hall–Kier alpha value is -0.0500. The van der Waals surface area contributed by atoms with Gasteiger partial charge in [-0.3, -0.25) is 0 Å². The average Bonchev–Trinajstić information content (AvgIpc) is 3.08. The van der Waals surface area contributed by atoms with Crippen LogP contribution in [0.1, 0.15) is 12.8 Å². The smallest absolute Gasteiger partial charge is 0.237 e. The number of nitrogens with one attached hydrogen (secondary N) is 1. The highest BCUT2D eigenvalue weighted by molar-refractivity contribution is 9.11. The summed E-state index contributed by atoms with van der Waals surface area (Å²) in [4.78, 5) is -0.0328. The Bertz CT molecular complexity index is 1060. The number of nitrogens with zero attached hydrogens (tertiary/aromatic N) is 1. The molecule has 0 spiro atoms. The summed E-state index contributed by atoms with van der Waals surface area (Å²) < 4.78 is 75.8. The van der Waals surface area contributed by atoms with E-state index in [1.807, 2.05) is 0 Å². The summed E-state index contributed by atoms with van der Waals surface area (Å²) in [6.07, 6.45) is 0.424. The molecule has 0 aliphatic carbocycles. The monoisotopic (exact) mass is 564 g/mol. The number of rotatable bonds is 5. The minimum Gasteiger partial charge on any atom is -0.237 e. The van der Waals surface area contributed by atoms with Crippen LogP contribution in [0.25, 0.3) is 0 Å². The second-order valence-corrected chi connectivity index (χ2v) is 14.7. The summed E-state index contributed by atoms with van der Waals surface area (Å²) in [6, 6.07) is 3.28. The van der Waals surface area contributed by atoms with E-state index >= 15 is 0 Å². The van der Waals surface area contributed by atoms with E-state index in [1.54, 1.807) is 12.1 Å². The van der Waals surface area contributed by atoms with Crippen LogP contribution in [0, 0.1) is 0 Å². The molecule has 13 heteroatoms. The fourth-order valence-corrected chi connectivity index (χ4v) is 9.68. The van der Waals surface area contributed by atoms with Crippen LogP contribution >= 0.6 is 31.9 Å². The second-order valence-electron chi connectivity index (χ2n) is 6.66. The number of sulfonamides is 1. The van der Waals surface area contributed by atoms with E-state index in [4.69, 9.17) is 0 Å². The van der Waals surface area contributed by atoms with Crippen LogP contribution in [0.2, 0.25) is 0 Å². The fraction of sp³-hybridized carbons (Fsp3) is 0.571. The maximum absolute atomic E-state index is 13.3. The molecule has 8 nitrogen and oxygen atoms in total. The first-order valence-corrected chi connectivity index (χ1v) is 14.7. The first-order chi connectivity index (χ1) is 12.4. The Morgan fingerprint density at radius 1 is 1.00 bits per heavy atom. The fourth-order valence-electron chi connectivity index (χ4n) is 3.19. The van der Waals surface area contributed by atoms with Gasteiger partial charge in [0.1, 0.15) is 0 Å². The highest BCUT2D eigenvalue weighted by Crippen LogP contribution is 2.31. The van der Waals surface area contributed by atoms with Gasteiger partial charge < -0.3 is 0 Å². The second kappa shape index (κ2) is 7.65. The van der Waals surface area contributed by atoms with E-state index in [0.29, 0.717) is 8.95 Å². The van der Waals surface area contributed by atoms with Crippen molar-refractivity contribution in [3.63, 3.8) is 0 Å². The van der Waals surface area contributed by atoms with Gasteiger partial charge in [-0.05, 0) is 47.0 Å². The Kier molecular flexibility index (Phi) is 6.14. The summed E-state index contributed by atoms with van der Waals surface area (Å²) in [5, 5.41) is 0. The van der Waals surface area contributed by atoms with Crippen LogP contribution < -0.4 is 5.43 Å². The molecule has 2 heterocycles. The number of hydrazine groups is 1. The first kappa shape index (κ1) is 21.7. The van der Waals surface area contributed by atoms with Crippen molar-refractivity contribution in [2.45, 2.75) is 29.8 Å². The van der Waals surface area contributed by atoms with Crippen LogP contribution in [-0.2, 0) is 29.7 Å². The molecule has 0 bridgehead atoms. The Balaban J connectivity index is 1.99.